The van der Waals surface area contributed by atoms with Crippen molar-refractivity contribution in [1.29, 1.82) is 0 Å². The zero-order chi connectivity index (χ0) is 14.0. The van der Waals surface area contributed by atoms with E-state index >= 15 is 0 Å². The van der Waals surface area contributed by atoms with Gasteiger partial charge in [0.05, 0.1) is 10.9 Å². The molecule has 19 heavy (non-hydrogen) atoms. The Balaban J connectivity index is 2.56. The molecule has 0 bridgehead atoms. The summed E-state index contributed by atoms with van der Waals surface area (Å²) in [4.78, 5) is 31.0. The number of aromatic amines is 2. The van der Waals surface area contributed by atoms with Crippen molar-refractivity contribution in [3.8, 4) is 0 Å². The van der Waals surface area contributed by atoms with Crippen LogP contribution in [0.25, 0.3) is 10.9 Å². The Kier molecular flexibility index (Phi) is 3.80. The van der Waals surface area contributed by atoms with Crippen molar-refractivity contribution in [2.75, 3.05) is 13.1 Å². The van der Waals surface area contributed by atoms with E-state index in [1.54, 1.807) is 23.1 Å². The van der Waals surface area contributed by atoms with Crippen LogP contribution >= 0.6 is 12.2 Å². The third-order valence-electron chi connectivity index (χ3n) is 3.04. The molecule has 0 aliphatic rings. The van der Waals surface area contributed by atoms with Crippen molar-refractivity contribution < 1.29 is 4.79 Å². The van der Waals surface area contributed by atoms with E-state index in [0.29, 0.717) is 29.6 Å². The first-order chi connectivity index (χ1) is 9.06. The molecule has 0 saturated heterocycles. The lowest BCUT2D eigenvalue weighted by molar-refractivity contribution is 0.0773. The van der Waals surface area contributed by atoms with Gasteiger partial charge in [-0.3, -0.25) is 14.6 Å². The van der Waals surface area contributed by atoms with Crippen LogP contribution in [0.1, 0.15) is 24.2 Å². The van der Waals surface area contributed by atoms with Gasteiger partial charge in [-0.25, -0.2) is 0 Å². The molecule has 2 aromatic rings. The fraction of sp³-hybridized carbons (Fsp3) is 0.308. The molecule has 6 heteroatoms. The first-order valence-corrected chi connectivity index (χ1v) is 6.53. The number of nitrogens with one attached hydrogen (secondary N) is 2. The molecule has 0 aliphatic heterocycles. The van der Waals surface area contributed by atoms with Crippen molar-refractivity contribution in [3.63, 3.8) is 0 Å². The fourth-order valence-electron chi connectivity index (χ4n) is 2.00. The monoisotopic (exact) mass is 277 g/mol. The molecule has 2 N–H and O–H groups in total. The second-order valence-electron chi connectivity index (χ2n) is 4.15. The van der Waals surface area contributed by atoms with E-state index in [2.05, 4.69) is 9.97 Å². The predicted octanol–water partition coefficient (Wildman–Crippen LogP) is 2.07. The van der Waals surface area contributed by atoms with Gasteiger partial charge in [0.1, 0.15) is 0 Å². The second-order valence-corrected chi connectivity index (χ2v) is 4.55. The van der Waals surface area contributed by atoms with Crippen LogP contribution in [0.15, 0.2) is 23.0 Å². The average Bonchev–Trinajstić information content (AvgIpc) is 2.39. The summed E-state index contributed by atoms with van der Waals surface area (Å²) in [5.41, 5.74) is 0.875. The molecule has 1 aromatic carbocycles. The first-order valence-electron chi connectivity index (χ1n) is 6.12. The number of H-pyrrole nitrogens is 2. The molecule has 1 heterocycles. The number of nitrogens with zero attached hydrogens (tertiary/aromatic N) is 1. The number of aromatic nitrogens is 2. The topological polar surface area (TPSA) is 69.0 Å². The number of carbonyl (C=O) groups excluding carboxylic acids is 1. The molecular weight excluding hydrogens is 262 g/mol. The van der Waals surface area contributed by atoms with Gasteiger partial charge < -0.3 is 9.88 Å². The number of hydrogen-bond acceptors (Lipinski definition) is 3. The van der Waals surface area contributed by atoms with Crippen LogP contribution in [0.3, 0.4) is 0 Å². The highest BCUT2D eigenvalue weighted by Crippen LogP contribution is 2.12. The molecule has 0 radical (unpaired) electrons. The molecule has 0 unspecified atom stereocenters. The van der Waals surface area contributed by atoms with Crippen LogP contribution in [0.2, 0.25) is 0 Å². The summed E-state index contributed by atoms with van der Waals surface area (Å²) in [6, 6.07) is 4.96. The van der Waals surface area contributed by atoms with Gasteiger partial charge >= 0.3 is 0 Å². The van der Waals surface area contributed by atoms with Gasteiger partial charge in [0.2, 0.25) is 0 Å². The molecule has 100 valence electrons. The summed E-state index contributed by atoms with van der Waals surface area (Å²) < 4.78 is 0.255. The van der Waals surface area contributed by atoms with Crippen LogP contribution < -0.4 is 5.56 Å². The number of fused-ring (bicyclic) bond motifs is 1. The Bertz CT molecular complexity index is 728. The SMILES string of the molecule is CCN(CC)C(=O)c1ccc2c(=O)[nH]c(=S)[nH]c2c1. The van der Waals surface area contributed by atoms with Gasteiger partial charge in [0, 0.05) is 18.7 Å². The summed E-state index contributed by atoms with van der Waals surface area (Å²) >= 11 is 4.93. The molecule has 2 rings (SSSR count). The van der Waals surface area contributed by atoms with Crippen molar-refractivity contribution in [2.24, 2.45) is 0 Å². The largest absolute Gasteiger partial charge is 0.339 e. The number of amides is 1. The fourth-order valence-corrected chi connectivity index (χ4v) is 2.20. The standard InChI is InChI=1S/C13H15N3O2S/c1-3-16(4-2)12(18)8-5-6-9-10(7-8)14-13(19)15-11(9)17/h5-7H,3-4H2,1-2H3,(H2,14,15,17,19). The van der Waals surface area contributed by atoms with Crippen LogP contribution in [0, 0.1) is 4.77 Å². The number of carbonyl (C=O) groups is 1. The minimum atomic E-state index is -0.249. The Morgan fingerprint density at radius 2 is 1.95 bits per heavy atom. The van der Waals surface area contributed by atoms with Crippen LogP contribution in [0.5, 0.6) is 0 Å². The van der Waals surface area contributed by atoms with Crippen LogP contribution in [-0.2, 0) is 0 Å². The third-order valence-corrected chi connectivity index (χ3v) is 3.24. The second kappa shape index (κ2) is 5.36. The number of hydrogen-bond donors (Lipinski definition) is 2. The molecule has 0 spiro atoms. The highest BCUT2D eigenvalue weighted by Gasteiger charge is 2.13. The Labute approximate surface area is 115 Å². The Morgan fingerprint density at radius 1 is 1.26 bits per heavy atom. The van der Waals surface area contributed by atoms with Gasteiger partial charge in [0.15, 0.2) is 4.77 Å². The maximum atomic E-state index is 12.2. The van der Waals surface area contributed by atoms with Gasteiger partial charge in [-0.05, 0) is 44.3 Å². The molecule has 5 nitrogen and oxygen atoms in total. The van der Waals surface area contributed by atoms with Crippen LogP contribution in [0.4, 0.5) is 0 Å². The average molecular weight is 277 g/mol. The highest BCUT2D eigenvalue weighted by atomic mass is 32.1. The molecule has 0 saturated carbocycles. The number of benzene rings is 1. The van der Waals surface area contributed by atoms with Crippen molar-refractivity contribution in [3.05, 3.63) is 38.9 Å². The van der Waals surface area contributed by atoms with E-state index in [9.17, 15) is 9.59 Å². The lowest BCUT2D eigenvalue weighted by atomic mass is 10.1. The van der Waals surface area contributed by atoms with E-state index in [1.165, 1.54) is 0 Å². The summed E-state index contributed by atoms with van der Waals surface area (Å²) in [5.74, 6) is -0.0495. The van der Waals surface area contributed by atoms with Crippen molar-refractivity contribution in [2.45, 2.75) is 13.8 Å². The summed E-state index contributed by atoms with van der Waals surface area (Å²) in [5, 5.41) is 0.490. The molecule has 1 amide bonds. The maximum absolute atomic E-state index is 12.2. The molecule has 0 aliphatic carbocycles. The zero-order valence-electron chi connectivity index (χ0n) is 10.8. The summed E-state index contributed by atoms with van der Waals surface area (Å²) in [7, 11) is 0. The first kappa shape index (κ1) is 13.5. The maximum Gasteiger partial charge on any atom is 0.259 e. The van der Waals surface area contributed by atoms with E-state index in [4.69, 9.17) is 12.2 Å². The van der Waals surface area contributed by atoms with E-state index in [1.807, 2.05) is 13.8 Å². The van der Waals surface area contributed by atoms with Gasteiger partial charge in [-0.15, -0.1) is 0 Å². The molecule has 0 atom stereocenters. The van der Waals surface area contributed by atoms with Gasteiger partial charge in [0.25, 0.3) is 11.5 Å². The van der Waals surface area contributed by atoms with Gasteiger partial charge in [-0.2, -0.15) is 0 Å². The quantitative estimate of drug-likeness (QED) is 0.844. The lowest BCUT2D eigenvalue weighted by Gasteiger charge is -2.18. The van der Waals surface area contributed by atoms with E-state index in [-0.39, 0.29) is 16.2 Å². The Hall–Kier alpha value is -1.95. The van der Waals surface area contributed by atoms with Crippen molar-refractivity contribution in [1.82, 2.24) is 14.9 Å². The number of rotatable bonds is 3. The van der Waals surface area contributed by atoms with Crippen molar-refractivity contribution >= 4 is 29.0 Å². The third kappa shape index (κ3) is 2.58. The zero-order valence-corrected chi connectivity index (χ0v) is 11.6. The molecule has 1 aromatic heterocycles. The normalized spacial score (nSPS) is 10.6. The highest BCUT2D eigenvalue weighted by molar-refractivity contribution is 7.71. The van der Waals surface area contributed by atoms with Gasteiger partial charge in [-0.1, -0.05) is 0 Å². The van der Waals surface area contributed by atoms with E-state index in [0.717, 1.165) is 0 Å². The smallest absolute Gasteiger partial charge is 0.259 e. The summed E-state index contributed by atoms with van der Waals surface area (Å²) in [6.45, 7) is 5.17. The minimum absolute atomic E-state index is 0.0495. The summed E-state index contributed by atoms with van der Waals surface area (Å²) in [6.07, 6.45) is 0. The molecular formula is C13H15N3O2S. The molecule has 0 fully saturated rings. The predicted molar refractivity (Wildman–Crippen MR) is 77.0 cm³/mol. The lowest BCUT2D eigenvalue weighted by Crippen LogP contribution is -2.30. The Morgan fingerprint density at radius 3 is 2.58 bits per heavy atom. The van der Waals surface area contributed by atoms with E-state index < -0.39 is 0 Å². The minimum Gasteiger partial charge on any atom is -0.339 e. The van der Waals surface area contributed by atoms with Crippen LogP contribution in [-0.4, -0.2) is 33.9 Å².